The van der Waals surface area contributed by atoms with E-state index in [2.05, 4.69) is 26.1 Å². The average Bonchev–Trinajstić information content (AvgIpc) is 2.52. The molecule has 0 aliphatic heterocycles. The topological polar surface area (TPSA) is 93.7 Å². The molecule has 1 aromatic rings. The molecule has 0 aromatic heterocycles. The van der Waals surface area contributed by atoms with Gasteiger partial charge >= 0.3 is 12.0 Å². The highest BCUT2D eigenvalue weighted by Gasteiger charge is 2.13. The van der Waals surface area contributed by atoms with Gasteiger partial charge < -0.3 is 14.8 Å². The van der Waals surface area contributed by atoms with Gasteiger partial charge in [0.1, 0.15) is 5.75 Å². The minimum Gasteiger partial charge on any atom is -0.493 e. The lowest BCUT2D eigenvalue weighted by atomic mass is 9.87. The molecular weight excluding hydrogens is 312 g/mol. The van der Waals surface area contributed by atoms with Crippen LogP contribution in [-0.4, -0.2) is 38.2 Å². The first kappa shape index (κ1) is 19.5. The first-order valence-electron chi connectivity index (χ1n) is 7.63. The van der Waals surface area contributed by atoms with Crippen LogP contribution in [0.3, 0.4) is 0 Å². The van der Waals surface area contributed by atoms with Crippen LogP contribution in [0.1, 0.15) is 32.8 Å². The summed E-state index contributed by atoms with van der Waals surface area (Å²) in [7, 11) is 1.37. The van der Waals surface area contributed by atoms with Gasteiger partial charge in [0.05, 0.1) is 13.0 Å². The highest BCUT2D eigenvalue weighted by atomic mass is 16.5. The predicted molar refractivity (Wildman–Crippen MR) is 88.8 cm³/mol. The van der Waals surface area contributed by atoms with Gasteiger partial charge in [-0.1, -0.05) is 32.9 Å². The third-order valence-electron chi connectivity index (χ3n) is 3.14. The van der Waals surface area contributed by atoms with Gasteiger partial charge in [-0.15, -0.1) is 0 Å². The van der Waals surface area contributed by atoms with Crippen molar-refractivity contribution in [1.29, 1.82) is 0 Å². The van der Waals surface area contributed by atoms with Gasteiger partial charge in [0, 0.05) is 7.05 Å². The van der Waals surface area contributed by atoms with Crippen LogP contribution in [0.4, 0.5) is 4.79 Å². The number of benzene rings is 1. The molecule has 3 amide bonds. The van der Waals surface area contributed by atoms with Crippen molar-refractivity contribution in [3.05, 3.63) is 29.8 Å². The molecule has 0 aliphatic carbocycles. The smallest absolute Gasteiger partial charge is 0.321 e. The summed E-state index contributed by atoms with van der Waals surface area (Å²) in [4.78, 5) is 33.6. The highest BCUT2D eigenvalue weighted by molar-refractivity contribution is 5.95. The zero-order valence-corrected chi connectivity index (χ0v) is 14.5. The van der Waals surface area contributed by atoms with Crippen molar-refractivity contribution >= 4 is 17.9 Å². The zero-order valence-electron chi connectivity index (χ0n) is 14.5. The van der Waals surface area contributed by atoms with E-state index in [4.69, 9.17) is 9.47 Å². The lowest BCUT2D eigenvalue weighted by Gasteiger charge is -2.19. The van der Waals surface area contributed by atoms with Crippen LogP contribution >= 0.6 is 0 Å². The number of amides is 3. The van der Waals surface area contributed by atoms with E-state index in [-0.39, 0.29) is 18.4 Å². The maximum Gasteiger partial charge on any atom is 0.321 e. The molecule has 0 fully saturated rings. The minimum absolute atomic E-state index is 0.00821. The Morgan fingerprint density at radius 2 is 1.71 bits per heavy atom. The molecule has 2 N–H and O–H groups in total. The number of urea groups is 1. The molecule has 0 heterocycles. The van der Waals surface area contributed by atoms with Gasteiger partial charge in [-0.05, 0) is 23.1 Å². The Balaban J connectivity index is 2.28. The molecule has 24 heavy (non-hydrogen) atoms. The van der Waals surface area contributed by atoms with Crippen LogP contribution in [0, 0.1) is 0 Å². The summed E-state index contributed by atoms with van der Waals surface area (Å²) in [6.45, 7) is 6.01. The number of esters is 1. The van der Waals surface area contributed by atoms with Gasteiger partial charge in [-0.3, -0.25) is 14.9 Å². The fourth-order valence-electron chi connectivity index (χ4n) is 1.75. The SMILES string of the molecule is CNC(=O)NC(=O)COC(=O)CCOc1ccc(C(C)(C)C)cc1. The van der Waals surface area contributed by atoms with E-state index in [0.29, 0.717) is 5.75 Å². The summed E-state index contributed by atoms with van der Waals surface area (Å²) >= 11 is 0. The van der Waals surface area contributed by atoms with Gasteiger partial charge in [0.2, 0.25) is 0 Å². The molecule has 0 saturated heterocycles. The lowest BCUT2D eigenvalue weighted by molar-refractivity contribution is -0.148. The monoisotopic (exact) mass is 336 g/mol. The summed E-state index contributed by atoms with van der Waals surface area (Å²) in [6, 6.07) is 7.01. The van der Waals surface area contributed by atoms with Crippen LogP contribution in [0.5, 0.6) is 5.75 Å². The molecule has 1 rings (SSSR count). The first-order chi connectivity index (χ1) is 11.2. The van der Waals surface area contributed by atoms with Crippen LogP contribution in [0.2, 0.25) is 0 Å². The van der Waals surface area contributed by atoms with E-state index in [1.807, 2.05) is 29.6 Å². The number of hydrogen-bond donors (Lipinski definition) is 2. The van der Waals surface area contributed by atoms with E-state index in [1.54, 1.807) is 0 Å². The second kappa shape index (κ2) is 8.90. The van der Waals surface area contributed by atoms with Crippen molar-refractivity contribution in [2.24, 2.45) is 0 Å². The van der Waals surface area contributed by atoms with Crippen LogP contribution < -0.4 is 15.4 Å². The Morgan fingerprint density at radius 1 is 1.08 bits per heavy atom. The van der Waals surface area contributed by atoms with Crippen molar-refractivity contribution in [2.75, 3.05) is 20.3 Å². The van der Waals surface area contributed by atoms with Crippen molar-refractivity contribution in [3.63, 3.8) is 0 Å². The first-order valence-corrected chi connectivity index (χ1v) is 7.63. The summed E-state index contributed by atoms with van der Waals surface area (Å²) in [5.41, 5.74) is 1.26. The Hall–Kier alpha value is -2.57. The quantitative estimate of drug-likeness (QED) is 0.772. The van der Waals surface area contributed by atoms with Gasteiger partial charge in [-0.2, -0.15) is 0 Å². The number of ether oxygens (including phenoxy) is 2. The van der Waals surface area contributed by atoms with Crippen molar-refractivity contribution in [1.82, 2.24) is 10.6 Å². The summed E-state index contributed by atoms with van der Waals surface area (Å²) in [5, 5.41) is 4.20. The molecule has 132 valence electrons. The highest BCUT2D eigenvalue weighted by Crippen LogP contribution is 2.24. The third kappa shape index (κ3) is 7.13. The average molecular weight is 336 g/mol. The fraction of sp³-hybridized carbons (Fsp3) is 0.471. The molecule has 0 aliphatic rings. The van der Waals surface area contributed by atoms with Crippen molar-refractivity contribution < 1.29 is 23.9 Å². The van der Waals surface area contributed by atoms with E-state index < -0.39 is 24.5 Å². The molecule has 7 nitrogen and oxygen atoms in total. The molecule has 0 unspecified atom stereocenters. The van der Waals surface area contributed by atoms with Crippen LogP contribution in [-0.2, 0) is 19.7 Å². The van der Waals surface area contributed by atoms with Crippen LogP contribution in [0.15, 0.2) is 24.3 Å². The number of carbonyl (C=O) groups excluding carboxylic acids is 3. The Labute approximate surface area is 141 Å². The molecular formula is C17H24N2O5. The molecule has 7 heteroatoms. The normalized spacial score (nSPS) is 10.7. The van der Waals surface area contributed by atoms with E-state index in [0.717, 1.165) is 0 Å². The molecule has 0 spiro atoms. The van der Waals surface area contributed by atoms with Crippen LogP contribution in [0.25, 0.3) is 0 Å². The number of imide groups is 1. The van der Waals surface area contributed by atoms with Crippen molar-refractivity contribution in [2.45, 2.75) is 32.6 Å². The second-order valence-electron chi connectivity index (χ2n) is 6.16. The molecule has 0 saturated carbocycles. The maximum absolute atomic E-state index is 11.5. The van der Waals surface area contributed by atoms with Gasteiger partial charge in [0.15, 0.2) is 6.61 Å². The van der Waals surface area contributed by atoms with E-state index in [1.165, 1.54) is 12.6 Å². The predicted octanol–water partition coefficient (Wildman–Crippen LogP) is 1.75. The van der Waals surface area contributed by atoms with Gasteiger partial charge in [-0.25, -0.2) is 4.79 Å². The standard InChI is InChI=1S/C17H24N2O5/c1-17(2,3)12-5-7-13(8-6-12)23-10-9-15(21)24-11-14(20)19-16(22)18-4/h5-8H,9-11H2,1-4H3,(H2,18,19,20,22). The largest absolute Gasteiger partial charge is 0.493 e. The molecule has 0 bridgehead atoms. The molecule has 0 radical (unpaired) electrons. The van der Waals surface area contributed by atoms with E-state index in [9.17, 15) is 14.4 Å². The zero-order chi connectivity index (χ0) is 18.2. The van der Waals surface area contributed by atoms with Gasteiger partial charge in [0.25, 0.3) is 5.91 Å². The molecule has 0 atom stereocenters. The Bertz CT molecular complexity index is 576. The van der Waals surface area contributed by atoms with Crippen molar-refractivity contribution in [3.8, 4) is 5.75 Å². The Morgan fingerprint density at radius 3 is 2.25 bits per heavy atom. The van der Waals surface area contributed by atoms with E-state index >= 15 is 0 Å². The summed E-state index contributed by atoms with van der Waals surface area (Å²) < 4.78 is 10.2. The summed E-state index contributed by atoms with van der Waals surface area (Å²) in [5.74, 6) is -0.608. The number of carbonyl (C=O) groups is 3. The minimum atomic E-state index is -0.693. The number of rotatable bonds is 6. The summed E-state index contributed by atoms with van der Waals surface area (Å²) in [6.07, 6.45) is 0.00821. The molecule has 1 aromatic carbocycles. The second-order valence-corrected chi connectivity index (χ2v) is 6.16. The fourth-order valence-corrected chi connectivity index (χ4v) is 1.75. The Kier molecular flexibility index (Phi) is 7.23. The third-order valence-corrected chi connectivity index (χ3v) is 3.14. The number of hydrogen-bond acceptors (Lipinski definition) is 5. The maximum atomic E-state index is 11.5. The number of nitrogens with one attached hydrogen (secondary N) is 2. The lowest BCUT2D eigenvalue weighted by Crippen LogP contribution is -2.39.